The van der Waals surface area contributed by atoms with Crippen LogP contribution in [0.3, 0.4) is 0 Å². The first-order chi connectivity index (χ1) is 11.0. The van der Waals surface area contributed by atoms with E-state index in [1.54, 1.807) is 18.5 Å². The molecule has 5 nitrogen and oxygen atoms in total. The van der Waals surface area contributed by atoms with Crippen molar-refractivity contribution in [2.75, 3.05) is 18.0 Å². The molecule has 0 atom stereocenters. The van der Waals surface area contributed by atoms with E-state index in [0.717, 1.165) is 6.07 Å². The largest absolute Gasteiger partial charge is 0.369 e. The lowest BCUT2D eigenvalue weighted by Gasteiger charge is -2.40. The lowest BCUT2D eigenvalue weighted by atomic mass is 9.72. The molecule has 1 aliphatic rings. The maximum absolute atomic E-state index is 13.5. The van der Waals surface area contributed by atoms with Gasteiger partial charge in [0, 0.05) is 31.5 Å². The lowest BCUT2D eigenvalue weighted by Crippen LogP contribution is -2.50. The van der Waals surface area contributed by atoms with Gasteiger partial charge in [-0.15, -0.1) is 0 Å². The maximum atomic E-state index is 13.5. The number of amides is 1. The molecule has 120 valence electrons. The van der Waals surface area contributed by atoms with Crippen molar-refractivity contribution in [2.24, 2.45) is 5.73 Å². The molecule has 0 unspecified atom stereocenters. The molecule has 2 N–H and O–H groups in total. The van der Waals surface area contributed by atoms with Gasteiger partial charge in [0.25, 0.3) is 0 Å². The Hall–Kier alpha value is -2.57. The van der Waals surface area contributed by atoms with Gasteiger partial charge < -0.3 is 10.6 Å². The minimum absolute atomic E-state index is 0.288. The standard InChI is InChI=1S/C16H16F2N4O/c17-12-8-11(9-13(18)10-12)16(14(19)23)2-6-22(7-3-16)15-20-4-1-5-21-15/h1,4-5,8-10H,2-3,6-7H2,(H2,19,23). The normalized spacial score (nSPS) is 17.0. The van der Waals surface area contributed by atoms with Crippen LogP contribution in [0.5, 0.6) is 0 Å². The smallest absolute Gasteiger partial charge is 0.228 e. The van der Waals surface area contributed by atoms with Crippen molar-refractivity contribution in [3.63, 3.8) is 0 Å². The van der Waals surface area contributed by atoms with E-state index in [-0.39, 0.29) is 5.56 Å². The predicted molar refractivity (Wildman–Crippen MR) is 80.7 cm³/mol. The summed E-state index contributed by atoms with van der Waals surface area (Å²) in [4.78, 5) is 22.3. The second-order valence-corrected chi connectivity index (χ2v) is 5.64. The minimum Gasteiger partial charge on any atom is -0.369 e. The summed E-state index contributed by atoms with van der Waals surface area (Å²) >= 11 is 0. The summed E-state index contributed by atoms with van der Waals surface area (Å²) in [6.07, 6.45) is 3.98. The highest BCUT2D eigenvalue weighted by molar-refractivity contribution is 5.87. The number of aromatic nitrogens is 2. The average molecular weight is 318 g/mol. The van der Waals surface area contributed by atoms with Crippen LogP contribution < -0.4 is 10.6 Å². The molecule has 0 saturated carbocycles. The van der Waals surface area contributed by atoms with Gasteiger partial charge in [-0.1, -0.05) is 0 Å². The van der Waals surface area contributed by atoms with Crippen LogP contribution in [0, 0.1) is 11.6 Å². The second-order valence-electron chi connectivity index (χ2n) is 5.64. The van der Waals surface area contributed by atoms with E-state index in [0.29, 0.717) is 31.9 Å². The number of anilines is 1. The summed E-state index contributed by atoms with van der Waals surface area (Å²) in [5.41, 5.74) is 4.80. The van der Waals surface area contributed by atoms with Crippen LogP contribution in [0.15, 0.2) is 36.7 Å². The topological polar surface area (TPSA) is 72.1 Å². The third-order valence-corrected chi connectivity index (χ3v) is 4.34. The van der Waals surface area contributed by atoms with Crippen molar-refractivity contribution in [2.45, 2.75) is 18.3 Å². The van der Waals surface area contributed by atoms with Crippen LogP contribution in [0.25, 0.3) is 0 Å². The third kappa shape index (κ3) is 2.86. The number of rotatable bonds is 3. The summed E-state index contributed by atoms with van der Waals surface area (Å²) in [5, 5.41) is 0. The van der Waals surface area contributed by atoms with Gasteiger partial charge in [-0.2, -0.15) is 0 Å². The average Bonchev–Trinajstić information content (AvgIpc) is 2.54. The molecule has 3 rings (SSSR count). The van der Waals surface area contributed by atoms with Crippen molar-refractivity contribution in [3.8, 4) is 0 Å². The van der Waals surface area contributed by atoms with Crippen LogP contribution in [0.4, 0.5) is 14.7 Å². The first kappa shape index (κ1) is 15.3. The Morgan fingerprint density at radius 2 is 1.65 bits per heavy atom. The molecule has 1 amide bonds. The van der Waals surface area contributed by atoms with Gasteiger partial charge in [0.2, 0.25) is 11.9 Å². The van der Waals surface area contributed by atoms with Crippen LogP contribution in [-0.2, 0) is 10.2 Å². The van der Waals surface area contributed by atoms with E-state index in [2.05, 4.69) is 9.97 Å². The number of benzene rings is 1. The Kier molecular flexibility index (Phi) is 3.94. The molecule has 1 aromatic carbocycles. The molecule has 0 bridgehead atoms. The quantitative estimate of drug-likeness (QED) is 0.936. The van der Waals surface area contributed by atoms with Gasteiger partial charge in [-0.3, -0.25) is 4.79 Å². The van der Waals surface area contributed by atoms with E-state index in [1.165, 1.54) is 12.1 Å². The van der Waals surface area contributed by atoms with E-state index in [4.69, 9.17) is 5.73 Å². The highest BCUT2D eigenvalue weighted by atomic mass is 19.1. The lowest BCUT2D eigenvalue weighted by molar-refractivity contribution is -0.124. The maximum Gasteiger partial charge on any atom is 0.228 e. The summed E-state index contributed by atoms with van der Waals surface area (Å²) in [6, 6.07) is 4.87. The Balaban J connectivity index is 1.89. The predicted octanol–water partition coefficient (Wildman–Crippen LogP) is 1.78. The van der Waals surface area contributed by atoms with E-state index < -0.39 is 23.0 Å². The summed E-state index contributed by atoms with van der Waals surface area (Å²) < 4.78 is 27.1. The molecule has 2 heterocycles. The molecular formula is C16H16F2N4O. The Bertz CT molecular complexity index is 695. The number of hydrogen-bond acceptors (Lipinski definition) is 4. The van der Waals surface area contributed by atoms with Gasteiger partial charge in [0.1, 0.15) is 11.6 Å². The van der Waals surface area contributed by atoms with Crippen molar-refractivity contribution >= 4 is 11.9 Å². The Morgan fingerprint density at radius 3 is 2.17 bits per heavy atom. The van der Waals surface area contributed by atoms with Crippen molar-refractivity contribution < 1.29 is 13.6 Å². The monoisotopic (exact) mass is 318 g/mol. The van der Waals surface area contributed by atoms with Gasteiger partial charge in [0.05, 0.1) is 5.41 Å². The van der Waals surface area contributed by atoms with Gasteiger partial charge in [0.15, 0.2) is 0 Å². The summed E-state index contributed by atoms with van der Waals surface area (Å²) in [5.74, 6) is -1.43. The number of carbonyl (C=O) groups excluding carboxylic acids is 1. The van der Waals surface area contributed by atoms with Crippen molar-refractivity contribution in [3.05, 3.63) is 53.9 Å². The van der Waals surface area contributed by atoms with Gasteiger partial charge in [-0.25, -0.2) is 18.7 Å². The highest BCUT2D eigenvalue weighted by Gasteiger charge is 2.42. The van der Waals surface area contributed by atoms with E-state index in [9.17, 15) is 13.6 Å². The number of halogens is 2. The SMILES string of the molecule is NC(=O)C1(c2cc(F)cc(F)c2)CCN(c2ncccn2)CC1. The van der Waals surface area contributed by atoms with Crippen molar-refractivity contribution in [1.82, 2.24) is 9.97 Å². The molecule has 7 heteroatoms. The molecule has 0 radical (unpaired) electrons. The molecule has 0 spiro atoms. The molecule has 2 aromatic rings. The molecular weight excluding hydrogens is 302 g/mol. The Morgan fingerprint density at radius 1 is 1.09 bits per heavy atom. The minimum atomic E-state index is -1.08. The summed E-state index contributed by atoms with van der Waals surface area (Å²) in [6.45, 7) is 0.955. The molecule has 1 saturated heterocycles. The number of piperidine rings is 1. The fraction of sp³-hybridized carbons (Fsp3) is 0.312. The zero-order chi connectivity index (χ0) is 16.4. The molecule has 23 heavy (non-hydrogen) atoms. The number of carbonyl (C=O) groups is 1. The van der Waals surface area contributed by atoms with E-state index >= 15 is 0 Å². The zero-order valence-corrected chi connectivity index (χ0v) is 12.4. The van der Waals surface area contributed by atoms with Gasteiger partial charge in [-0.05, 0) is 36.6 Å². The molecule has 1 aliphatic heterocycles. The number of nitrogens with zero attached hydrogens (tertiary/aromatic N) is 3. The fourth-order valence-electron chi connectivity index (χ4n) is 3.05. The number of hydrogen-bond donors (Lipinski definition) is 1. The third-order valence-electron chi connectivity index (χ3n) is 4.34. The van der Waals surface area contributed by atoms with Crippen LogP contribution in [-0.4, -0.2) is 29.0 Å². The zero-order valence-electron chi connectivity index (χ0n) is 12.4. The number of nitrogens with two attached hydrogens (primary N) is 1. The first-order valence-corrected chi connectivity index (χ1v) is 7.30. The van der Waals surface area contributed by atoms with Crippen LogP contribution in [0.2, 0.25) is 0 Å². The highest BCUT2D eigenvalue weighted by Crippen LogP contribution is 2.36. The second kappa shape index (κ2) is 5.91. The number of primary amides is 1. The van der Waals surface area contributed by atoms with E-state index in [1.807, 2.05) is 4.90 Å². The Labute approximate surface area is 132 Å². The van der Waals surface area contributed by atoms with Crippen LogP contribution >= 0.6 is 0 Å². The molecule has 1 fully saturated rings. The fourth-order valence-corrected chi connectivity index (χ4v) is 3.05. The molecule has 1 aromatic heterocycles. The summed E-state index contributed by atoms with van der Waals surface area (Å²) in [7, 11) is 0. The first-order valence-electron chi connectivity index (χ1n) is 7.30. The van der Waals surface area contributed by atoms with Gasteiger partial charge >= 0.3 is 0 Å². The van der Waals surface area contributed by atoms with Crippen LogP contribution in [0.1, 0.15) is 18.4 Å². The van der Waals surface area contributed by atoms with Crippen molar-refractivity contribution in [1.29, 1.82) is 0 Å². The molecule has 0 aliphatic carbocycles.